The lowest BCUT2D eigenvalue weighted by Crippen LogP contribution is -2.33. The summed E-state index contributed by atoms with van der Waals surface area (Å²) in [7, 11) is 0. The molecule has 2 rings (SSSR count). The number of hydrogen-bond acceptors (Lipinski definition) is 1. The van der Waals surface area contributed by atoms with Gasteiger partial charge in [-0.2, -0.15) is 0 Å². The Hall–Kier alpha value is -0.900. The minimum atomic E-state index is -0.203. The van der Waals surface area contributed by atoms with Crippen LogP contribution in [0.3, 0.4) is 0 Å². The highest BCUT2D eigenvalue weighted by Gasteiger charge is 2.12. The first-order valence-electron chi connectivity index (χ1n) is 7.00. The fraction of sp³-hybridized carbons (Fsp3) is 0.294. The summed E-state index contributed by atoms with van der Waals surface area (Å²) in [6.45, 7) is 2.95. The van der Waals surface area contributed by atoms with Gasteiger partial charge in [-0.25, -0.2) is 4.39 Å². The van der Waals surface area contributed by atoms with Crippen molar-refractivity contribution in [2.45, 2.75) is 25.8 Å². The lowest BCUT2D eigenvalue weighted by atomic mass is 9.99. The molecule has 0 saturated heterocycles. The monoisotopic (exact) mass is 369 g/mol. The Bertz CT molecular complexity index is 603. The minimum Gasteiger partial charge on any atom is -0.314 e. The van der Waals surface area contributed by atoms with Crippen molar-refractivity contribution < 1.29 is 4.39 Å². The van der Waals surface area contributed by atoms with Gasteiger partial charge in [-0.05, 0) is 60.8 Å². The molecule has 112 valence electrons. The van der Waals surface area contributed by atoms with E-state index in [4.69, 9.17) is 11.6 Å². The maximum absolute atomic E-state index is 13.4. The average molecular weight is 371 g/mol. The fourth-order valence-corrected chi connectivity index (χ4v) is 3.04. The Morgan fingerprint density at radius 2 is 2.00 bits per heavy atom. The number of hydrogen-bond donors (Lipinski definition) is 1. The number of halogens is 3. The maximum atomic E-state index is 13.4. The van der Waals surface area contributed by atoms with E-state index in [0.29, 0.717) is 0 Å². The van der Waals surface area contributed by atoms with Crippen LogP contribution in [0.15, 0.2) is 46.9 Å². The van der Waals surface area contributed by atoms with Crippen LogP contribution in [0, 0.1) is 5.82 Å². The van der Waals surface area contributed by atoms with Gasteiger partial charge < -0.3 is 5.32 Å². The van der Waals surface area contributed by atoms with Crippen LogP contribution in [-0.2, 0) is 12.8 Å². The van der Waals surface area contributed by atoms with Gasteiger partial charge in [-0.3, -0.25) is 0 Å². The predicted molar refractivity (Wildman–Crippen MR) is 90.4 cm³/mol. The zero-order valence-corrected chi connectivity index (χ0v) is 14.2. The van der Waals surface area contributed by atoms with Crippen LogP contribution >= 0.6 is 27.5 Å². The van der Waals surface area contributed by atoms with E-state index < -0.39 is 0 Å². The molecule has 0 aliphatic rings. The molecule has 0 fully saturated rings. The third kappa shape index (κ3) is 5.10. The van der Waals surface area contributed by atoms with Gasteiger partial charge in [-0.15, -0.1) is 0 Å². The van der Waals surface area contributed by atoms with Gasteiger partial charge in [0.05, 0.1) is 0 Å². The quantitative estimate of drug-likeness (QED) is 0.754. The molecule has 0 radical (unpaired) electrons. The molecule has 0 bridgehead atoms. The first kappa shape index (κ1) is 16.5. The van der Waals surface area contributed by atoms with Crippen LogP contribution in [0.2, 0.25) is 5.02 Å². The van der Waals surface area contributed by atoms with Gasteiger partial charge in [0.1, 0.15) is 5.82 Å². The highest BCUT2D eigenvalue weighted by Crippen LogP contribution is 2.21. The van der Waals surface area contributed by atoms with E-state index in [1.165, 1.54) is 11.6 Å². The van der Waals surface area contributed by atoms with E-state index in [1.54, 1.807) is 12.1 Å². The van der Waals surface area contributed by atoms with Crippen LogP contribution in [0.4, 0.5) is 4.39 Å². The summed E-state index contributed by atoms with van der Waals surface area (Å²) < 4.78 is 14.3. The highest BCUT2D eigenvalue weighted by atomic mass is 79.9. The average Bonchev–Trinajstić information content (AvgIpc) is 2.43. The Labute approximate surface area is 138 Å². The summed E-state index contributed by atoms with van der Waals surface area (Å²) in [6.07, 6.45) is 1.62. The van der Waals surface area contributed by atoms with E-state index in [-0.39, 0.29) is 11.9 Å². The Balaban J connectivity index is 2.13. The van der Waals surface area contributed by atoms with Crippen molar-refractivity contribution in [1.29, 1.82) is 0 Å². The highest BCUT2D eigenvalue weighted by molar-refractivity contribution is 9.10. The third-order valence-corrected chi connectivity index (χ3v) is 4.35. The molecule has 4 heteroatoms. The molecular weight excluding hydrogens is 353 g/mol. The van der Waals surface area contributed by atoms with E-state index >= 15 is 0 Å². The van der Waals surface area contributed by atoms with Crippen molar-refractivity contribution in [3.63, 3.8) is 0 Å². The van der Waals surface area contributed by atoms with E-state index in [0.717, 1.165) is 34.4 Å². The number of benzene rings is 2. The van der Waals surface area contributed by atoms with Crippen LogP contribution in [-0.4, -0.2) is 12.6 Å². The van der Waals surface area contributed by atoms with Gasteiger partial charge >= 0.3 is 0 Å². The van der Waals surface area contributed by atoms with Gasteiger partial charge in [0, 0.05) is 15.5 Å². The zero-order chi connectivity index (χ0) is 15.2. The van der Waals surface area contributed by atoms with Gasteiger partial charge in [0.25, 0.3) is 0 Å². The van der Waals surface area contributed by atoms with Gasteiger partial charge in [-0.1, -0.05) is 46.6 Å². The largest absolute Gasteiger partial charge is 0.314 e. The summed E-state index contributed by atoms with van der Waals surface area (Å²) in [5, 5.41) is 4.20. The molecule has 0 spiro atoms. The zero-order valence-electron chi connectivity index (χ0n) is 11.9. The second-order valence-electron chi connectivity index (χ2n) is 5.03. The van der Waals surface area contributed by atoms with Crippen molar-refractivity contribution in [2.24, 2.45) is 0 Å². The van der Waals surface area contributed by atoms with Crippen molar-refractivity contribution in [2.75, 3.05) is 6.54 Å². The van der Waals surface area contributed by atoms with Gasteiger partial charge in [0.15, 0.2) is 0 Å². The lowest BCUT2D eigenvalue weighted by Gasteiger charge is -2.19. The summed E-state index contributed by atoms with van der Waals surface area (Å²) in [5.74, 6) is -0.203. The molecule has 0 aliphatic heterocycles. The van der Waals surface area contributed by atoms with Crippen LogP contribution in [0.25, 0.3) is 0 Å². The molecule has 1 nitrogen and oxygen atoms in total. The molecule has 1 N–H and O–H groups in total. The molecule has 0 amide bonds. The summed E-state index contributed by atoms with van der Waals surface area (Å²) >= 11 is 9.53. The first-order valence-corrected chi connectivity index (χ1v) is 8.17. The predicted octanol–water partition coefficient (Wildman–Crippen LogP) is 5.00. The first-order chi connectivity index (χ1) is 10.1. The Kier molecular flexibility index (Phi) is 6.22. The van der Waals surface area contributed by atoms with Gasteiger partial charge in [0.2, 0.25) is 0 Å². The molecular formula is C17H18BrClFN. The molecule has 2 aromatic rings. The summed E-state index contributed by atoms with van der Waals surface area (Å²) in [6, 6.07) is 12.9. The van der Waals surface area contributed by atoms with E-state index in [2.05, 4.69) is 34.2 Å². The smallest absolute Gasteiger partial charge is 0.123 e. The van der Waals surface area contributed by atoms with Crippen LogP contribution in [0.1, 0.15) is 18.1 Å². The van der Waals surface area contributed by atoms with Crippen molar-refractivity contribution in [3.05, 3.63) is 68.9 Å². The number of nitrogens with one attached hydrogen (secondary N) is 1. The summed E-state index contributed by atoms with van der Waals surface area (Å²) in [4.78, 5) is 0. The number of rotatable bonds is 6. The molecule has 0 saturated carbocycles. The van der Waals surface area contributed by atoms with E-state index in [9.17, 15) is 4.39 Å². The van der Waals surface area contributed by atoms with Crippen molar-refractivity contribution in [1.82, 2.24) is 5.32 Å². The topological polar surface area (TPSA) is 12.0 Å². The SMILES string of the molecule is CCNC(Cc1cccc(Cl)c1)Cc1cc(F)ccc1Br. The van der Waals surface area contributed by atoms with Crippen molar-refractivity contribution in [3.8, 4) is 0 Å². The van der Waals surface area contributed by atoms with Crippen LogP contribution < -0.4 is 5.32 Å². The molecule has 2 aromatic carbocycles. The molecule has 0 aromatic heterocycles. The van der Waals surface area contributed by atoms with E-state index in [1.807, 2.05) is 18.2 Å². The maximum Gasteiger partial charge on any atom is 0.123 e. The minimum absolute atomic E-state index is 0.203. The summed E-state index contributed by atoms with van der Waals surface area (Å²) in [5.41, 5.74) is 2.16. The Morgan fingerprint density at radius 3 is 2.71 bits per heavy atom. The number of likely N-dealkylation sites (N-methyl/N-ethyl adjacent to an activating group) is 1. The third-order valence-electron chi connectivity index (χ3n) is 3.34. The molecule has 21 heavy (non-hydrogen) atoms. The second-order valence-corrected chi connectivity index (χ2v) is 6.32. The molecule has 1 atom stereocenters. The Morgan fingerprint density at radius 1 is 1.19 bits per heavy atom. The molecule has 1 unspecified atom stereocenters. The van der Waals surface area contributed by atoms with Crippen molar-refractivity contribution >= 4 is 27.5 Å². The van der Waals surface area contributed by atoms with Crippen LogP contribution in [0.5, 0.6) is 0 Å². The fourth-order valence-electron chi connectivity index (χ4n) is 2.42. The molecule has 0 aliphatic carbocycles. The standard InChI is InChI=1S/C17H18BrClFN/c1-2-21-16(9-12-4-3-5-14(19)8-12)11-13-10-15(20)6-7-17(13)18/h3-8,10,16,21H,2,9,11H2,1H3. The normalized spacial score (nSPS) is 12.4. The lowest BCUT2D eigenvalue weighted by molar-refractivity contribution is 0.518. The molecule has 0 heterocycles. The second kappa shape index (κ2) is 7.92.